The Hall–Kier alpha value is -2.65. The third-order valence-corrected chi connectivity index (χ3v) is 4.58. The van der Waals surface area contributed by atoms with Crippen LogP contribution in [0.3, 0.4) is 0 Å². The van der Waals surface area contributed by atoms with Crippen LogP contribution in [-0.2, 0) is 7.05 Å². The van der Waals surface area contributed by atoms with Gasteiger partial charge in [-0.3, -0.25) is 9.69 Å². The lowest BCUT2D eigenvalue weighted by Gasteiger charge is -2.40. The largest absolute Gasteiger partial charge is 0.337 e. The quantitative estimate of drug-likeness (QED) is 0.864. The fourth-order valence-electron chi connectivity index (χ4n) is 3.23. The predicted molar refractivity (Wildman–Crippen MR) is 90.3 cm³/mol. The van der Waals surface area contributed by atoms with E-state index in [0.717, 1.165) is 18.9 Å². The van der Waals surface area contributed by atoms with E-state index in [1.165, 1.54) is 0 Å². The highest BCUT2D eigenvalue weighted by Crippen LogP contribution is 2.24. The van der Waals surface area contributed by atoms with Crippen LogP contribution in [0.1, 0.15) is 34.7 Å². The van der Waals surface area contributed by atoms with Gasteiger partial charge in [0.25, 0.3) is 5.91 Å². The molecule has 0 radical (unpaired) electrons. The van der Waals surface area contributed by atoms with Crippen molar-refractivity contribution in [3.63, 3.8) is 0 Å². The van der Waals surface area contributed by atoms with Gasteiger partial charge in [-0.25, -0.2) is 4.98 Å². The molecular formula is C18H21N5O. The van der Waals surface area contributed by atoms with E-state index in [2.05, 4.69) is 22.9 Å². The summed E-state index contributed by atoms with van der Waals surface area (Å²) in [5.74, 6) is 0.946. The lowest BCUT2D eigenvalue weighted by atomic mass is 10.1. The maximum atomic E-state index is 12.8. The van der Waals surface area contributed by atoms with Crippen molar-refractivity contribution in [2.24, 2.45) is 7.05 Å². The van der Waals surface area contributed by atoms with Crippen molar-refractivity contribution in [1.29, 1.82) is 5.26 Å². The van der Waals surface area contributed by atoms with Crippen molar-refractivity contribution in [1.82, 2.24) is 19.4 Å². The number of piperazine rings is 1. The molecule has 1 aromatic carbocycles. The summed E-state index contributed by atoms with van der Waals surface area (Å²) >= 11 is 0. The number of aryl methyl sites for hydroxylation is 1. The first-order valence-electron chi connectivity index (χ1n) is 8.14. The summed E-state index contributed by atoms with van der Waals surface area (Å²) in [6.45, 7) is 5.16. The summed E-state index contributed by atoms with van der Waals surface area (Å²) in [5, 5.41) is 9.03. The average molecular weight is 323 g/mol. The van der Waals surface area contributed by atoms with Gasteiger partial charge in [-0.2, -0.15) is 5.26 Å². The summed E-state index contributed by atoms with van der Waals surface area (Å²) in [6, 6.07) is 9.07. The molecule has 1 aliphatic heterocycles. The zero-order chi connectivity index (χ0) is 17.1. The van der Waals surface area contributed by atoms with Crippen molar-refractivity contribution in [2.75, 3.05) is 26.2 Å². The second kappa shape index (κ2) is 6.85. The molecule has 1 amide bonds. The van der Waals surface area contributed by atoms with Crippen LogP contribution < -0.4 is 0 Å². The zero-order valence-corrected chi connectivity index (χ0v) is 14.0. The number of likely N-dealkylation sites (N-methyl/N-ethyl adjacent to an activating group) is 1. The summed E-state index contributed by atoms with van der Waals surface area (Å²) in [5.41, 5.74) is 1.08. The molecule has 0 bridgehead atoms. The summed E-state index contributed by atoms with van der Waals surface area (Å²) in [6.07, 6.45) is 3.72. The molecule has 3 rings (SSSR count). The van der Waals surface area contributed by atoms with Gasteiger partial charge in [0.1, 0.15) is 5.82 Å². The van der Waals surface area contributed by atoms with Crippen LogP contribution in [0.15, 0.2) is 36.7 Å². The van der Waals surface area contributed by atoms with E-state index < -0.39 is 0 Å². The van der Waals surface area contributed by atoms with Crippen LogP contribution in [0.5, 0.6) is 0 Å². The fourth-order valence-corrected chi connectivity index (χ4v) is 3.23. The number of carbonyl (C=O) groups excluding carboxylic acids is 1. The van der Waals surface area contributed by atoms with Crippen LogP contribution >= 0.6 is 0 Å². The Morgan fingerprint density at radius 2 is 2.25 bits per heavy atom. The van der Waals surface area contributed by atoms with Gasteiger partial charge in [-0.1, -0.05) is 13.0 Å². The van der Waals surface area contributed by atoms with Gasteiger partial charge in [0.2, 0.25) is 0 Å². The number of imidazole rings is 1. The molecule has 1 atom stereocenters. The number of amides is 1. The minimum atomic E-state index is -0.0259. The van der Waals surface area contributed by atoms with E-state index in [4.69, 9.17) is 5.26 Å². The molecule has 1 aromatic heterocycles. The van der Waals surface area contributed by atoms with Crippen molar-refractivity contribution in [3.8, 4) is 6.07 Å². The Labute approximate surface area is 141 Å². The number of rotatable bonds is 3. The van der Waals surface area contributed by atoms with Gasteiger partial charge in [-0.05, 0) is 24.7 Å². The standard InChI is InChI=1S/C18H21N5O/c1-3-22-9-10-23(13-16(22)17-20-7-8-21(17)2)18(24)15-6-4-5-14(11-15)12-19/h4-8,11,16H,3,9-10,13H2,1-2H3/t16-/m1/s1. The van der Waals surface area contributed by atoms with Crippen molar-refractivity contribution >= 4 is 5.91 Å². The Morgan fingerprint density at radius 1 is 1.42 bits per heavy atom. The average Bonchev–Trinajstić information content (AvgIpc) is 3.06. The van der Waals surface area contributed by atoms with Gasteiger partial charge in [0.15, 0.2) is 0 Å². The highest BCUT2D eigenvalue weighted by molar-refractivity contribution is 5.94. The molecule has 6 nitrogen and oxygen atoms in total. The molecule has 24 heavy (non-hydrogen) atoms. The first-order chi connectivity index (χ1) is 11.6. The van der Waals surface area contributed by atoms with E-state index in [0.29, 0.717) is 24.2 Å². The molecule has 1 saturated heterocycles. The van der Waals surface area contributed by atoms with Crippen molar-refractivity contribution in [2.45, 2.75) is 13.0 Å². The Bertz CT molecular complexity index is 776. The number of hydrogen-bond acceptors (Lipinski definition) is 4. The van der Waals surface area contributed by atoms with Crippen LogP contribution in [0.25, 0.3) is 0 Å². The predicted octanol–water partition coefficient (Wildman–Crippen LogP) is 1.81. The van der Waals surface area contributed by atoms with Gasteiger partial charge >= 0.3 is 0 Å². The Kier molecular flexibility index (Phi) is 4.63. The van der Waals surface area contributed by atoms with Crippen molar-refractivity contribution in [3.05, 3.63) is 53.6 Å². The van der Waals surface area contributed by atoms with Gasteiger partial charge in [-0.15, -0.1) is 0 Å². The van der Waals surface area contributed by atoms with Crippen LogP contribution in [-0.4, -0.2) is 51.4 Å². The molecule has 2 heterocycles. The lowest BCUT2D eigenvalue weighted by Crippen LogP contribution is -2.50. The number of hydrogen-bond donors (Lipinski definition) is 0. The second-order valence-corrected chi connectivity index (χ2v) is 5.98. The highest BCUT2D eigenvalue weighted by atomic mass is 16.2. The maximum Gasteiger partial charge on any atom is 0.254 e. The Balaban J connectivity index is 1.83. The topological polar surface area (TPSA) is 65.2 Å². The van der Waals surface area contributed by atoms with Crippen LogP contribution in [0, 0.1) is 11.3 Å². The molecule has 1 fully saturated rings. The van der Waals surface area contributed by atoms with Gasteiger partial charge in [0.05, 0.1) is 17.7 Å². The normalized spacial score (nSPS) is 18.4. The third-order valence-electron chi connectivity index (χ3n) is 4.58. The van der Waals surface area contributed by atoms with E-state index in [-0.39, 0.29) is 11.9 Å². The Morgan fingerprint density at radius 3 is 2.92 bits per heavy atom. The molecule has 0 spiro atoms. The summed E-state index contributed by atoms with van der Waals surface area (Å²) in [4.78, 5) is 21.5. The summed E-state index contributed by atoms with van der Waals surface area (Å²) in [7, 11) is 1.98. The molecule has 0 aliphatic carbocycles. The molecule has 124 valence electrons. The second-order valence-electron chi connectivity index (χ2n) is 5.98. The van der Waals surface area contributed by atoms with E-state index in [1.807, 2.05) is 22.7 Å². The molecule has 0 unspecified atom stereocenters. The minimum Gasteiger partial charge on any atom is -0.337 e. The number of nitriles is 1. The summed E-state index contributed by atoms with van der Waals surface area (Å²) < 4.78 is 2.01. The fraction of sp³-hybridized carbons (Fsp3) is 0.389. The maximum absolute atomic E-state index is 12.8. The lowest BCUT2D eigenvalue weighted by molar-refractivity contribution is 0.0473. The number of benzene rings is 1. The number of nitrogens with zero attached hydrogens (tertiary/aromatic N) is 5. The smallest absolute Gasteiger partial charge is 0.254 e. The molecule has 0 saturated carbocycles. The minimum absolute atomic E-state index is 0.0259. The zero-order valence-electron chi connectivity index (χ0n) is 14.0. The molecule has 2 aromatic rings. The third kappa shape index (κ3) is 3.03. The van der Waals surface area contributed by atoms with Crippen LogP contribution in [0.4, 0.5) is 0 Å². The van der Waals surface area contributed by atoms with Gasteiger partial charge in [0, 0.05) is 44.6 Å². The SMILES string of the molecule is CCN1CCN(C(=O)c2cccc(C#N)c2)C[C@@H]1c1nccn1C. The van der Waals surface area contributed by atoms with Gasteiger partial charge < -0.3 is 9.47 Å². The monoisotopic (exact) mass is 323 g/mol. The first kappa shape index (κ1) is 16.2. The highest BCUT2D eigenvalue weighted by Gasteiger charge is 2.32. The van der Waals surface area contributed by atoms with Crippen LogP contribution in [0.2, 0.25) is 0 Å². The first-order valence-corrected chi connectivity index (χ1v) is 8.14. The van der Waals surface area contributed by atoms with E-state index >= 15 is 0 Å². The molecule has 6 heteroatoms. The van der Waals surface area contributed by atoms with E-state index in [1.54, 1.807) is 30.5 Å². The molecular weight excluding hydrogens is 302 g/mol. The molecule has 0 N–H and O–H groups in total. The molecule has 1 aliphatic rings. The number of aromatic nitrogens is 2. The number of carbonyl (C=O) groups is 1. The van der Waals surface area contributed by atoms with Crippen molar-refractivity contribution < 1.29 is 4.79 Å². The van der Waals surface area contributed by atoms with E-state index in [9.17, 15) is 4.79 Å².